The molecule has 9 nitrogen and oxygen atoms in total. The van der Waals surface area contributed by atoms with Crippen molar-refractivity contribution in [2.75, 3.05) is 57.9 Å². The van der Waals surface area contributed by atoms with E-state index >= 15 is 0 Å². The molecule has 0 saturated carbocycles. The van der Waals surface area contributed by atoms with Gasteiger partial charge in [-0.05, 0) is 30.3 Å². The summed E-state index contributed by atoms with van der Waals surface area (Å²) in [5.74, 6) is -0.756. The van der Waals surface area contributed by atoms with Gasteiger partial charge in [-0.1, -0.05) is 23.7 Å². The molecule has 2 aromatic carbocycles. The third-order valence-corrected chi connectivity index (χ3v) is 7.87. The number of hydrogen-bond acceptors (Lipinski definition) is 6. The van der Waals surface area contributed by atoms with Crippen LogP contribution in [0.2, 0.25) is 5.02 Å². The van der Waals surface area contributed by atoms with E-state index in [0.717, 1.165) is 0 Å². The third kappa shape index (κ3) is 5.20. The average molecular weight is 494 g/mol. The highest BCUT2D eigenvalue weighted by molar-refractivity contribution is 7.89. The van der Waals surface area contributed by atoms with E-state index in [2.05, 4.69) is 5.32 Å². The van der Waals surface area contributed by atoms with Crippen molar-refractivity contribution in [3.8, 4) is 0 Å². The number of benzene rings is 2. The first-order valence-corrected chi connectivity index (χ1v) is 12.3. The summed E-state index contributed by atoms with van der Waals surface area (Å²) in [6.45, 7) is 2.90. The van der Waals surface area contributed by atoms with Crippen LogP contribution in [0.3, 0.4) is 0 Å². The number of carbonyl (C=O) groups excluding carboxylic acids is 2. The highest BCUT2D eigenvalue weighted by Gasteiger charge is 2.29. The molecule has 33 heavy (non-hydrogen) atoms. The second-order valence-corrected chi connectivity index (χ2v) is 9.88. The van der Waals surface area contributed by atoms with Gasteiger partial charge in [0.1, 0.15) is 4.90 Å². The summed E-state index contributed by atoms with van der Waals surface area (Å²) >= 11 is 6.19. The molecule has 4 rings (SSSR count). The summed E-state index contributed by atoms with van der Waals surface area (Å²) in [4.78, 5) is 27.5. The standard InChI is InChI=1S/C22H24ClN3O6S/c23-18-6-5-16(15-20(18)33(29,30)26-9-13-32-14-10-26)21(27)24-19-4-2-1-3-17(19)22(28)25-7-11-31-12-8-25/h1-6,15H,7-14H2,(H,24,27). The second kappa shape index (κ2) is 10.2. The molecule has 0 aromatic heterocycles. The van der Waals surface area contributed by atoms with Crippen molar-refractivity contribution in [1.82, 2.24) is 9.21 Å². The van der Waals surface area contributed by atoms with Crippen LogP contribution in [0.1, 0.15) is 20.7 Å². The zero-order valence-electron chi connectivity index (χ0n) is 17.8. The van der Waals surface area contributed by atoms with Crippen molar-refractivity contribution in [1.29, 1.82) is 0 Å². The van der Waals surface area contributed by atoms with Gasteiger partial charge >= 0.3 is 0 Å². The SMILES string of the molecule is O=C(Nc1ccccc1C(=O)N1CCOCC1)c1ccc(Cl)c(S(=O)(=O)N2CCOCC2)c1. The third-order valence-electron chi connectivity index (χ3n) is 5.49. The fraction of sp³-hybridized carbons (Fsp3) is 0.364. The largest absolute Gasteiger partial charge is 0.379 e. The van der Waals surface area contributed by atoms with Crippen LogP contribution in [0.4, 0.5) is 5.69 Å². The number of carbonyl (C=O) groups is 2. The van der Waals surface area contributed by atoms with Gasteiger partial charge in [0.05, 0.1) is 42.7 Å². The van der Waals surface area contributed by atoms with Crippen molar-refractivity contribution >= 4 is 39.1 Å². The van der Waals surface area contributed by atoms with Gasteiger partial charge < -0.3 is 19.7 Å². The van der Waals surface area contributed by atoms with Gasteiger partial charge in [0, 0.05) is 31.7 Å². The summed E-state index contributed by atoms with van der Waals surface area (Å²) in [7, 11) is -3.89. The zero-order valence-corrected chi connectivity index (χ0v) is 19.4. The number of nitrogens with one attached hydrogen (secondary N) is 1. The van der Waals surface area contributed by atoms with E-state index in [9.17, 15) is 18.0 Å². The molecule has 2 amide bonds. The molecule has 11 heteroatoms. The molecular formula is C22H24ClN3O6S. The molecule has 2 aliphatic heterocycles. The fourth-order valence-electron chi connectivity index (χ4n) is 3.68. The fourth-order valence-corrected chi connectivity index (χ4v) is 5.59. The maximum absolute atomic E-state index is 13.1. The number of rotatable bonds is 5. The monoisotopic (exact) mass is 493 g/mol. The van der Waals surface area contributed by atoms with E-state index in [0.29, 0.717) is 50.8 Å². The normalized spacial score (nSPS) is 17.5. The Kier molecular flexibility index (Phi) is 7.30. The van der Waals surface area contributed by atoms with Gasteiger partial charge in [0.15, 0.2) is 0 Å². The zero-order chi connectivity index (χ0) is 23.4. The molecule has 1 N–H and O–H groups in total. The molecule has 0 bridgehead atoms. The Morgan fingerprint density at radius 2 is 1.55 bits per heavy atom. The van der Waals surface area contributed by atoms with Gasteiger partial charge in [-0.15, -0.1) is 0 Å². The van der Waals surface area contributed by atoms with Crippen LogP contribution < -0.4 is 5.32 Å². The van der Waals surface area contributed by atoms with E-state index in [1.807, 2.05) is 0 Å². The Balaban J connectivity index is 1.58. The Bertz CT molecular complexity index is 1140. The van der Waals surface area contributed by atoms with Crippen LogP contribution >= 0.6 is 11.6 Å². The van der Waals surface area contributed by atoms with E-state index in [1.165, 1.54) is 22.5 Å². The Morgan fingerprint density at radius 3 is 2.24 bits per heavy atom. The van der Waals surface area contributed by atoms with E-state index in [-0.39, 0.29) is 34.5 Å². The van der Waals surface area contributed by atoms with Crippen LogP contribution in [-0.4, -0.2) is 82.0 Å². The van der Waals surface area contributed by atoms with E-state index in [4.69, 9.17) is 21.1 Å². The van der Waals surface area contributed by atoms with Gasteiger partial charge in [0.25, 0.3) is 11.8 Å². The molecule has 176 valence electrons. The number of anilines is 1. The van der Waals surface area contributed by atoms with Crippen LogP contribution in [0.5, 0.6) is 0 Å². The Hall–Kier alpha value is -2.50. The number of para-hydroxylation sites is 1. The van der Waals surface area contributed by atoms with Gasteiger partial charge in [-0.25, -0.2) is 8.42 Å². The molecule has 0 aliphatic carbocycles. The molecule has 0 atom stereocenters. The summed E-state index contributed by atoms with van der Waals surface area (Å²) in [6.07, 6.45) is 0. The lowest BCUT2D eigenvalue weighted by Gasteiger charge is -2.27. The molecule has 2 fully saturated rings. The van der Waals surface area contributed by atoms with E-state index < -0.39 is 15.9 Å². The smallest absolute Gasteiger partial charge is 0.256 e. The minimum absolute atomic E-state index is 0.0286. The average Bonchev–Trinajstić information content (AvgIpc) is 2.85. The quantitative estimate of drug-likeness (QED) is 0.683. The summed E-state index contributed by atoms with van der Waals surface area (Å²) < 4.78 is 37.9. The summed E-state index contributed by atoms with van der Waals surface area (Å²) in [6, 6.07) is 10.8. The highest BCUT2D eigenvalue weighted by atomic mass is 35.5. The Labute approximate surface area is 197 Å². The van der Waals surface area contributed by atoms with Crippen LogP contribution in [0.25, 0.3) is 0 Å². The number of halogens is 1. The molecule has 2 saturated heterocycles. The molecule has 2 heterocycles. The minimum Gasteiger partial charge on any atom is -0.379 e. The van der Waals surface area contributed by atoms with Gasteiger partial charge in [-0.2, -0.15) is 4.31 Å². The number of hydrogen-bond donors (Lipinski definition) is 1. The van der Waals surface area contributed by atoms with Crippen LogP contribution in [0, 0.1) is 0 Å². The van der Waals surface area contributed by atoms with Gasteiger partial charge in [0.2, 0.25) is 10.0 Å². The number of morpholine rings is 2. The van der Waals surface area contributed by atoms with Crippen molar-refractivity contribution in [3.63, 3.8) is 0 Å². The van der Waals surface area contributed by atoms with Crippen LogP contribution in [0.15, 0.2) is 47.4 Å². The first-order chi connectivity index (χ1) is 15.9. The van der Waals surface area contributed by atoms with Crippen molar-refractivity contribution in [2.24, 2.45) is 0 Å². The first kappa shape index (κ1) is 23.7. The van der Waals surface area contributed by atoms with E-state index in [1.54, 1.807) is 29.2 Å². The number of sulfonamides is 1. The number of amides is 2. The predicted molar refractivity (Wildman–Crippen MR) is 122 cm³/mol. The van der Waals surface area contributed by atoms with Crippen molar-refractivity contribution < 1.29 is 27.5 Å². The summed E-state index contributed by atoms with van der Waals surface area (Å²) in [5.41, 5.74) is 0.800. The van der Waals surface area contributed by atoms with Crippen LogP contribution in [-0.2, 0) is 19.5 Å². The number of nitrogens with zero attached hydrogens (tertiary/aromatic N) is 2. The Morgan fingerprint density at radius 1 is 0.909 bits per heavy atom. The topological polar surface area (TPSA) is 105 Å². The lowest BCUT2D eigenvalue weighted by Crippen LogP contribution is -2.41. The maximum Gasteiger partial charge on any atom is 0.256 e. The molecule has 2 aromatic rings. The number of ether oxygens (including phenoxy) is 2. The molecule has 0 radical (unpaired) electrons. The second-order valence-electron chi connectivity index (χ2n) is 7.57. The molecular weight excluding hydrogens is 470 g/mol. The highest BCUT2D eigenvalue weighted by Crippen LogP contribution is 2.27. The molecule has 0 spiro atoms. The first-order valence-electron chi connectivity index (χ1n) is 10.5. The van der Waals surface area contributed by atoms with Gasteiger partial charge in [-0.3, -0.25) is 9.59 Å². The molecule has 0 unspecified atom stereocenters. The van der Waals surface area contributed by atoms with Crippen molar-refractivity contribution in [3.05, 3.63) is 58.6 Å². The molecule has 2 aliphatic rings. The minimum atomic E-state index is -3.89. The predicted octanol–water partition coefficient (Wildman–Crippen LogP) is 2.09. The van der Waals surface area contributed by atoms with Crippen molar-refractivity contribution in [2.45, 2.75) is 4.90 Å². The maximum atomic E-state index is 13.1. The summed E-state index contributed by atoms with van der Waals surface area (Å²) in [5, 5.41) is 2.76. The lowest BCUT2D eigenvalue weighted by molar-refractivity contribution is 0.0303. The lowest BCUT2D eigenvalue weighted by atomic mass is 10.1.